The molecule has 0 fully saturated rings. The number of nitrogens with one attached hydrogen (secondary N) is 1. The zero-order chi connectivity index (χ0) is 17.1. The number of aromatic nitrogens is 2. The van der Waals surface area contributed by atoms with Gasteiger partial charge in [0.15, 0.2) is 10.8 Å². The first-order valence-corrected chi connectivity index (χ1v) is 7.36. The van der Waals surface area contributed by atoms with Gasteiger partial charge in [-0.15, -0.1) is 0 Å². The van der Waals surface area contributed by atoms with Crippen LogP contribution < -0.4 is 14.5 Å². The zero-order valence-electron chi connectivity index (χ0n) is 13.7. The van der Waals surface area contributed by atoms with Gasteiger partial charge in [-0.25, -0.2) is 9.97 Å². The van der Waals surface area contributed by atoms with Gasteiger partial charge in [-0.3, -0.25) is 0 Å². The quantitative estimate of drug-likeness (QED) is 0.583. The average Bonchev–Trinajstić information content (AvgIpc) is 2.61. The zero-order valence-corrected chi connectivity index (χ0v) is 13.7. The Balaban J connectivity index is 2.14. The number of fused-ring (bicyclic) bond motifs is 1. The van der Waals surface area contributed by atoms with E-state index in [0.717, 1.165) is 28.2 Å². The van der Waals surface area contributed by atoms with Crippen LogP contribution in [0, 0.1) is 12.5 Å². The van der Waals surface area contributed by atoms with E-state index in [9.17, 15) is 0 Å². The molecule has 0 amide bonds. The van der Waals surface area contributed by atoms with E-state index in [-0.39, 0.29) is 0 Å². The van der Waals surface area contributed by atoms with Crippen molar-refractivity contribution in [1.82, 2.24) is 14.9 Å². The molecule has 0 atom stereocenters. The first-order chi connectivity index (χ1) is 11.6. The topological polar surface area (TPSA) is 88.6 Å². The van der Waals surface area contributed by atoms with Gasteiger partial charge in [0.25, 0.3) is 0 Å². The molecule has 0 radical (unpaired) electrons. The van der Waals surface area contributed by atoms with Crippen molar-refractivity contribution in [2.75, 3.05) is 19.1 Å². The van der Waals surface area contributed by atoms with Crippen LogP contribution in [0.2, 0.25) is 0 Å². The van der Waals surface area contributed by atoms with Crippen molar-refractivity contribution in [3.05, 3.63) is 48.3 Å². The smallest absolute Gasteiger partial charge is 0.220 e. The van der Waals surface area contributed by atoms with Gasteiger partial charge in [0.1, 0.15) is 22.9 Å². The Labute approximate surface area is 139 Å². The fourth-order valence-corrected chi connectivity index (χ4v) is 2.52. The van der Waals surface area contributed by atoms with Crippen LogP contribution in [0.15, 0.2) is 47.6 Å². The Morgan fingerprint density at radius 2 is 1.88 bits per heavy atom. The Morgan fingerprint density at radius 1 is 1.12 bits per heavy atom. The molecule has 0 saturated carbocycles. The molecule has 0 spiro atoms. The maximum atomic E-state index is 6.90. The lowest BCUT2D eigenvalue weighted by Gasteiger charge is -2.20. The summed E-state index contributed by atoms with van der Waals surface area (Å²) in [6.45, 7) is 1.86. The molecule has 1 heterocycles. The lowest BCUT2D eigenvalue weighted by atomic mass is 10.2. The van der Waals surface area contributed by atoms with Gasteiger partial charge in [0.2, 0.25) is 4.91 Å². The average molecular weight is 321 g/mol. The third-order valence-electron chi connectivity index (χ3n) is 3.71. The molecular weight excluding hydrogens is 304 g/mol. The van der Waals surface area contributed by atoms with Crippen molar-refractivity contribution in [2.24, 2.45) is 5.11 Å². The van der Waals surface area contributed by atoms with E-state index in [1.165, 1.54) is 0 Å². The molecule has 0 bridgehead atoms. The second kappa shape index (κ2) is 6.44. The van der Waals surface area contributed by atoms with Gasteiger partial charge in [-0.1, -0.05) is 0 Å². The molecule has 0 saturated heterocycles. The normalized spacial score (nSPS) is 10.3. The van der Waals surface area contributed by atoms with E-state index in [0.29, 0.717) is 11.5 Å². The number of hydrogen-bond donors (Lipinski definition) is 1. The van der Waals surface area contributed by atoms with Crippen LogP contribution in [0.25, 0.3) is 10.9 Å². The SMILES string of the molecule is COc1ccc(N(C)c2nc(C)nc3ccc(N=[N+]=N)cc23)cc1. The minimum absolute atomic E-state index is 0.592. The predicted molar refractivity (Wildman–Crippen MR) is 92.3 cm³/mol. The number of rotatable bonds is 4. The minimum atomic E-state index is 0.592. The number of benzene rings is 2. The molecule has 1 N–H and O–H groups in total. The van der Waals surface area contributed by atoms with Crippen molar-refractivity contribution < 1.29 is 4.74 Å². The summed E-state index contributed by atoms with van der Waals surface area (Å²) in [5.74, 6) is 2.26. The second-order valence-corrected chi connectivity index (χ2v) is 5.25. The van der Waals surface area contributed by atoms with Crippen molar-refractivity contribution in [3.63, 3.8) is 0 Å². The van der Waals surface area contributed by atoms with Gasteiger partial charge >= 0.3 is 0 Å². The summed E-state index contributed by atoms with van der Waals surface area (Å²) in [5, 5.41) is 4.63. The van der Waals surface area contributed by atoms with Gasteiger partial charge in [-0.05, 0) is 49.4 Å². The minimum Gasteiger partial charge on any atom is -0.497 e. The Bertz CT molecular complexity index is 932. The summed E-state index contributed by atoms with van der Waals surface area (Å²) in [4.78, 5) is 14.1. The largest absolute Gasteiger partial charge is 0.497 e. The van der Waals surface area contributed by atoms with Crippen LogP contribution in [-0.4, -0.2) is 24.1 Å². The lowest BCUT2D eigenvalue weighted by Crippen LogP contribution is -2.13. The molecule has 3 rings (SSSR count). The van der Waals surface area contributed by atoms with Crippen LogP contribution in [0.1, 0.15) is 5.82 Å². The Morgan fingerprint density at radius 3 is 2.54 bits per heavy atom. The van der Waals surface area contributed by atoms with Crippen LogP contribution >= 0.6 is 0 Å². The molecule has 2 aromatic carbocycles. The number of anilines is 2. The summed E-state index contributed by atoms with van der Waals surface area (Å²) >= 11 is 0. The molecule has 120 valence electrons. The van der Waals surface area contributed by atoms with E-state index in [1.54, 1.807) is 13.2 Å². The first kappa shape index (κ1) is 15.6. The monoisotopic (exact) mass is 321 g/mol. The lowest BCUT2D eigenvalue weighted by molar-refractivity contribution is 0.415. The fraction of sp³-hybridized carbons (Fsp3) is 0.176. The maximum absolute atomic E-state index is 6.90. The van der Waals surface area contributed by atoms with Crippen molar-refractivity contribution in [1.29, 1.82) is 5.53 Å². The molecule has 0 unspecified atom stereocenters. The maximum Gasteiger partial charge on any atom is 0.220 e. The van der Waals surface area contributed by atoms with Gasteiger partial charge in [-0.2, -0.15) is 0 Å². The van der Waals surface area contributed by atoms with Gasteiger partial charge in [0.05, 0.1) is 12.6 Å². The summed E-state index contributed by atoms with van der Waals surface area (Å²) in [6, 6.07) is 13.2. The standard InChI is InChI=1S/C17H17N6O/c1-11-19-16-9-4-12(21-22-18)10-15(16)17(20-11)23(2)13-5-7-14(24-3)8-6-13/h4-10,18H,1-3H3/q+1. The molecule has 7 heteroatoms. The Kier molecular flexibility index (Phi) is 4.18. The molecule has 0 aliphatic heterocycles. The molecule has 0 aliphatic rings. The number of aryl methyl sites for hydroxylation is 1. The van der Waals surface area contributed by atoms with Crippen molar-refractivity contribution in [2.45, 2.75) is 6.92 Å². The summed E-state index contributed by atoms with van der Waals surface area (Å²) in [6.07, 6.45) is 0. The molecule has 24 heavy (non-hydrogen) atoms. The van der Waals surface area contributed by atoms with E-state index >= 15 is 0 Å². The van der Waals surface area contributed by atoms with Crippen LogP contribution in [-0.2, 0) is 0 Å². The number of nitrogens with zero attached hydrogens (tertiary/aromatic N) is 5. The highest BCUT2D eigenvalue weighted by Gasteiger charge is 2.13. The van der Waals surface area contributed by atoms with Crippen LogP contribution in [0.5, 0.6) is 5.75 Å². The highest BCUT2D eigenvalue weighted by Crippen LogP contribution is 2.31. The number of hydrogen-bond acceptors (Lipinski definition) is 6. The van der Waals surface area contributed by atoms with Crippen molar-refractivity contribution in [3.8, 4) is 5.75 Å². The number of ether oxygens (including phenoxy) is 1. The van der Waals surface area contributed by atoms with E-state index in [4.69, 9.17) is 10.3 Å². The van der Waals surface area contributed by atoms with E-state index in [1.807, 2.05) is 55.3 Å². The third kappa shape index (κ3) is 2.93. The number of methoxy groups -OCH3 is 1. The molecule has 3 aromatic rings. The van der Waals surface area contributed by atoms with E-state index < -0.39 is 0 Å². The highest BCUT2D eigenvalue weighted by molar-refractivity contribution is 5.93. The molecule has 1 aromatic heterocycles. The second-order valence-electron chi connectivity index (χ2n) is 5.25. The fourth-order valence-electron chi connectivity index (χ4n) is 2.52. The van der Waals surface area contributed by atoms with Crippen LogP contribution in [0.3, 0.4) is 0 Å². The van der Waals surface area contributed by atoms with Crippen LogP contribution in [0.4, 0.5) is 17.2 Å². The molecule has 7 nitrogen and oxygen atoms in total. The van der Waals surface area contributed by atoms with Gasteiger partial charge in [0, 0.05) is 18.1 Å². The first-order valence-electron chi connectivity index (χ1n) is 7.36. The Hall–Kier alpha value is -3.31. The molecular formula is C17H17N6O+. The van der Waals surface area contributed by atoms with Gasteiger partial charge < -0.3 is 9.64 Å². The highest BCUT2D eigenvalue weighted by atomic mass is 16.5. The van der Waals surface area contributed by atoms with Crippen molar-refractivity contribution >= 4 is 28.1 Å². The summed E-state index contributed by atoms with van der Waals surface area (Å²) < 4.78 is 5.20. The van der Waals surface area contributed by atoms with E-state index in [2.05, 4.69) is 20.0 Å². The summed E-state index contributed by atoms with van der Waals surface area (Å²) in [7, 11) is 3.59. The molecule has 0 aliphatic carbocycles. The summed E-state index contributed by atoms with van der Waals surface area (Å²) in [5.41, 5.74) is 9.29. The predicted octanol–water partition coefficient (Wildman–Crippen LogP) is 3.90. The third-order valence-corrected chi connectivity index (χ3v) is 3.71.